The third-order valence-electron chi connectivity index (χ3n) is 12.8. The Labute approximate surface area is 410 Å². The second kappa shape index (κ2) is 55.2. The molecule has 0 spiro atoms. The smallest absolute Gasteiger partial charge is 0.306 e. The molecule has 0 aliphatic rings. The Kier molecular flexibility index (Phi) is 53.2. The van der Waals surface area contributed by atoms with Crippen LogP contribution in [-0.4, -0.2) is 37.2 Å². The molecule has 0 heterocycles. The van der Waals surface area contributed by atoms with Gasteiger partial charge in [-0.25, -0.2) is 0 Å². The first kappa shape index (κ1) is 63.6. The molecule has 1 unspecified atom stereocenters. The van der Waals surface area contributed by atoms with Crippen LogP contribution >= 0.6 is 0 Å². The summed E-state index contributed by atoms with van der Waals surface area (Å²) in [4.78, 5) is 38.1. The zero-order valence-electron chi connectivity index (χ0n) is 44.2. The van der Waals surface area contributed by atoms with Gasteiger partial charge in [0.05, 0.1) is 0 Å². The molecular weight excluding hydrogens is 817 g/mol. The minimum Gasteiger partial charge on any atom is -0.462 e. The van der Waals surface area contributed by atoms with Gasteiger partial charge in [-0.15, -0.1) is 0 Å². The fourth-order valence-electron chi connectivity index (χ4n) is 8.43. The molecule has 0 aromatic carbocycles. The molecule has 0 saturated carbocycles. The second-order valence-electron chi connectivity index (χ2n) is 19.5. The van der Waals surface area contributed by atoms with Crippen molar-refractivity contribution < 1.29 is 28.6 Å². The van der Waals surface area contributed by atoms with Crippen LogP contribution < -0.4 is 0 Å². The van der Waals surface area contributed by atoms with Crippen molar-refractivity contribution in [3.05, 3.63) is 36.5 Å². The van der Waals surface area contributed by atoms with Crippen molar-refractivity contribution in [2.75, 3.05) is 13.2 Å². The molecule has 66 heavy (non-hydrogen) atoms. The number of carbonyl (C=O) groups excluding carboxylic acids is 3. The molecule has 0 aromatic heterocycles. The van der Waals surface area contributed by atoms with E-state index in [0.29, 0.717) is 19.3 Å². The van der Waals surface area contributed by atoms with Crippen LogP contribution in [0.15, 0.2) is 36.5 Å². The Morgan fingerprint density at radius 2 is 0.500 bits per heavy atom. The third-order valence-corrected chi connectivity index (χ3v) is 12.8. The van der Waals surface area contributed by atoms with E-state index in [-0.39, 0.29) is 31.1 Å². The molecular formula is C60H110O6. The summed E-state index contributed by atoms with van der Waals surface area (Å²) in [6.45, 7) is 6.64. The molecule has 0 aliphatic carbocycles. The lowest BCUT2D eigenvalue weighted by Crippen LogP contribution is -2.30. The SMILES string of the molecule is CCCCCCC/C=C\CCCCCCCC(=O)OCC(COC(=O)CCCCCCCCCCC/C=C\CCCCCCCC)OC(=O)CCCCCCC/C=C\CCCCCCCC. The lowest BCUT2D eigenvalue weighted by Gasteiger charge is -2.18. The Morgan fingerprint density at radius 3 is 0.758 bits per heavy atom. The maximum atomic E-state index is 12.8. The van der Waals surface area contributed by atoms with Gasteiger partial charge < -0.3 is 14.2 Å². The number of hydrogen-bond donors (Lipinski definition) is 0. The van der Waals surface area contributed by atoms with E-state index in [1.54, 1.807) is 0 Å². The van der Waals surface area contributed by atoms with Gasteiger partial charge >= 0.3 is 17.9 Å². The van der Waals surface area contributed by atoms with E-state index in [0.717, 1.165) is 70.6 Å². The first-order valence-corrected chi connectivity index (χ1v) is 29.0. The van der Waals surface area contributed by atoms with E-state index >= 15 is 0 Å². The highest BCUT2D eigenvalue weighted by molar-refractivity contribution is 5.71. The molecule has 0 bridgehead atoms. The maximum Gasteiger partial charge on any atom is 0.306 e. The van der Waals surface area contributed by atoms with Crippen LogP contribution in [0.25, 0.3) is 0 Å². The number of esters is 3. The van der Waals surface area contributed by atoms with E-state index in [1.165, 1.54) is 199 Å². The zero-order valence-corrected chi connectivity index (χ0v) is 44.2. The maximum absolute atomic E-state index is 12.8. The normalized spacial score (nSPS) is 12.2. The fraction of sp³-hybridized carbons (Fsp3) is 0.850. The summed E-state index contributed by atoms with van der Waals surface area (Å²) in [5.41, 5.74) is 0. The molecule has 0 aliphatic heterocycles. The number of ether oxygens (including phenoxy) is 3. The minimum atomic E-state index is -0.779. The quantitative estimate of drug-likeness (QED) is 0.0262. The van der Waals surface area contributed by atoms with Gasteiger partial charge in [0.25, 0.3) is 0 Å². The van der Waals surface area contributed by atoms with Gasteiger partial charge in [0.1, 0.15) is 13.2 Å². The van der Waals surface area contributed by atoms with Crippen LogP contribution in [0.4, 0.5) is 0 Å². The number of rotatable bonds is 53. The predicted molar refractivity (Wildman–Crippen MR) is 284 cm³/mol. The molecule has 6 heteroatoms. The summed E-state index contributed by atoms with van der Waals surface area (Å²) in [6.07, 6.45) is 65.6. The summed E-state index contributed by atoms with van der Waals surface area (Å²) in [5, 5.41) is 0. The van der Waals surface area contributed by atoms with E-state index in [2.05, 4.69) is 57.2 Å². The highest BCUT2D eigenvalue weighted by atomic mass is 16.6. The van der Waals surface area contributed by atoms with Crippen LogP contribution in [0.5, 0.6) is 0 Å². The van der Waals surface area contributed by atoms with E-state index in [9.17, 15) is 14.4 Å². The van der Waals surface area contributed by atoms with Crippen molar-refractivity contribution in [3.63, 3.8) is 0 Å². The van der Waals surface area contributed by atoms with E-state index in [4.69, 9.17) is 14.2 Å². The van der Waals surface area contributed by atoms with Gasteiger partial charge in [0.15, 0.2) is 6.10 Å². The van der Waals surface area contributed by atoms with Crippen LogP contribution in [0.1, 0.15) is 310 Å². The van der Waals surface area contributed by atoms with E-state index < -0.39 is 6.10 Å². The van der Waals surface area contributed by atoms with Crippen molar-refractivity contribution in [2.45, 2.75) is 316 Å². The fourth-order valence-corrected chi connectivity index (χ4v) is 8.43. The second-order valence-corrected chi connectivity index (χ2v) is 19.5. The highest BCUT2D eigenvalue weighted by Crippen LogP contribution is 2.16. The largest absolute Gasteiger partial charge is 0.462 e. The summed E-state index contributed by atoms with van der Waals surface area (Å²) < 4.78 is 16.9. The molecule has 0 saturated heterocycles. The van der Waals surface area contributed by atoms with Crippen molar-refractivity contribution >= 4 is 17.9 Å². The van der Waals surface area contributed by atoms with Gasteiger partial charge in [-0.05, 0) is 96.3 Å². The average Bonchev–Trinajstić information content (AvgIpc) is 3.31. The number of allylic oxidation sites excluding steroid dienone is 6. The van der Waals surface area contributed by atoms with Crippen molar-refractivity contribution in [2.24, 2.45) is 0 Å². The molecule has 386 valence electrons. The van der Waals surface area contributed by atoms with Crippen LogP contribution in [-0.2, 0) is 28.6 Å². The van der Waals surface area contributed by atoms with Crippen molar-refractivity contribution in [1.82, 2.24) is 0 Å². The number of unbranched alkanes of at least 4 members (excludes halogenated alkanes) is 36. The van der Waals surface area contributed by atoms with Crippen LogP contribution in [0.2, 0.25) is 0 Å². The minimum absolute atomic E-state index is 0.0769. The topological polar surface area (TPSA) is 78.9 Å². The Balaban J connectivity index is 4.35. The summed E-state index contributed by atoms with van der Waals surface area (Å²) in [5.74, 6) is -0.881. The molecule has 0 amide bonds. The molecule has 0 rings (SSSR count). The summed E-state index contributed by atoms with van der Waals surface area (Å²) in [7, 11) is 0. The standard InChI is InChI=1S/C60H110O6/c1-4-7-10-13-16-19-22-25-28-29-30-31-33-35-38-41-44-47-50-53-59(62)65-56-57(55-64-58(61)52-49-46-43-40-37-34-27-24-21-18-15-12-9-6-3)66-60(63)54-51-48-45-42-39-36-32-26-23-20-17-14-11-8-5-2/h24-28,32,57H,4-23,29-31,33-56H2,1-3H3/b27-24-,28-25-,32-26-. The summed E-state index contributed by atoms with van der Waals surface area (Å²) >= 11 is 0. The van der Waals surface area contributed by atoms with Crippen molar-refractivity contribution in [3.8, 4) is 0 Å². The van der Waals surface area contributed by atoms with Gasteiger partial charge in [-0.1, -0.05) is 231 Å². The monoisotopic (exact) mass is 927 g/mol. The molecule has 0 aromatic rings. The Bertz CT molecular complexity index is 1110. The third kappa shape index (κ3) is 52.6. The Hall–Kier alpha value is -2.37. The predicted octanol–water partition coefficient (Wildman–Crippen LogP) is 19.3. The first-order chi connectivity index (χ1) is 32.5. The summed E-state index contributed by atoms with van der Waals surface area (Å²) in [6, 6.07) is 0. The van der Waals surface area contributed by atoms with Gasteiger partial charge in [0, 0.05) is 19.3 Å². The van der Waals surface area contributed by atoms with Crippen LogP contribution in [0.3, 0.4) is 0 Å². The van der Waals surface area contributed by atoms with E-state index in [1.807, 2.05) is 0 Å². The number of hydrogen-bond acceptors (Lipinski definition) is 6. The average molecular weight is 928 g/mol. The first-order valence-electron chi connectivity index (χ1n) is 29.0. The molecule has 1 atom stereocenters. The lowest BCUT2D eigenvalue weighted by atomic mass is 10.1. The van der Waals surface area contributed by atoms with Gasteiger partial charge in [-0.3, -0.25) is 14.4 Å². The van der Waals surface area contributed by atoms with Crippen LogP contribution in [0, 0.1) is 0 Å². The van der Waals surface area contributed by atoms with Gasteiger partial charge in [-0.2, -0.15) is 0 Å². The zero-order chi connectivity index (χ0) is 47.9. The lowest BCUT2D eigenvalue weighted by molar-refractivity contribution is -0.167. The van der Waals surface area contributed by atoms with Gasteiger partial charge in [0.2, 0.25) is 0 Å². The van der Waals surface area contributed by atoms with Crippen molar-refractivity contribution in [1.29, 1.82) is 0 Å². The molecule has 0 radical (unpaired) electrons. The molecule has 0 N–H and O–H groups in total. The highest BCUT2D eigenvalue weighted by Gasteiger charge is 2.19. The number of carbonyl (C=O) groups is 3. The molecule has 6 nitrogen and oxygen atoms in total. The molecule has 0 fully saturated rings. The Morgan fingerprint density at radius 1 is 0.288 bits per heavy atom.